The van der Waals surface area contributed by atoms with E-state index in [1.807, 2.05) is 30.3 Å². The van der Waals surface area contributed by atoms with Crippen LogP contribution < -0.4 is 4.80 Å². The van der Waals surface area contributed by atoms with Crippen LogP contribution in [0.1, 0.15) is 0 Å². The van der Waals surface area contributed by atoms with Gasteiger partial charge in [-0.15, -0.1) is 17.9 Å². The highest BCUT2D eigenvalue weighted by Gasteiger charge is 2.07. The van der Waals surface area contributed by atoms with Gasteiger partial charge in [0.25, 0.3) is 0 Å². The maximum absolute atomic E-state index is 4.77. The Hall–Kier alpha value is -1.43. The molecule has 0 N–H and O–H groups in total. The number of nitrogens with zero attached hydrogens (tertiary/aromatic N) is 2. The van der Waals surface area contributed by atoms with Crippen molar-refractivity contribution in [2.24, 2.45) is 4.99 Å². The summed E-state index contributed by atoms with van der Waals surface area (Å²) in [6.45, 7) is 4.60. The van der Waals surface area contributed by atoms with E-state index in [0.29, 0.717) is 0 Å². The molecule has 0 fully saturated rings. The van der Waals surface area contributed by atoms with Crippen molar-refractivity contribution in [3.05, 3.63) is 80.3 Å². The molecule has 0 radical (unpaired) electrons. The van der Waals surface area contributed by atoms with Crippen molar-refractivity contribution in [2.45, 2.75) is 6.54 Å². The van der Waals surface area contributed by atoms with Crippen LogP contribution >= 0.6 is 43.2 Å². The third kappa shape index (κ3) is 3.91. The van der Waals surface area contributed by atoms with Gasteiger partial charge in [0.15, 0.2) is 4.80 Å². The van der Waals surface area contributed by atoms with Gasteiger partial charge in [0.1, 0.15) is 0 Å². The molecule has 3 aromatic rings. The first-order valence-corrected chi connectivity index (χ1v) is 9.49. The first kappa shape index (κ1) is 16.4. The van der Waals surface area contributed by atoms with Crippen molar-refractivity contribution >= 4 is 48.9 Å². The van der Waals surface area contributed by atoms with E-state index in [9.17, 15) is 0 Å². The van der Waals surface area contributed by atoms with Gasteiger partial charge in [-0.1, -0.05) is 50.1 Å². The number of aromatic nitrogens is 1. The number of benzene rings is 2. The fraction of sp³-hybridized carbons (Fsp3) is 0.0556. The van der Waals surface area contributed by atoms with Crippen molar-refractivity contribution in [1.29, 1.82) is 0 Å². The molecular formula is C18H14Br2N2S. The molecule has 0 spiro atoms. The molecule has 0 aliphatic rings. The Morgan fingerprint density at radius 3 is 2.22 bits per heavy atom. The van der Waals surface area contributed by atoms with Crippen molar-refractivity contribution in [3.8, 4) is 11.3 Å². The van der Waals surface area contributed by atoms with Crippen LogP contribution in [0, 0.1) is 0 Å². The fourth-order valence-corrected chi connectivity index (χ4v) is 3.67. The van der Waals surface area contributed by atoms with Gasteiger partial charge in [-0.05, 0) is 42.0 Å². The van der Waals surface area contributed by atoms with E-state index in [-0.39, 0.29) is 0 Å². The highest BCUT2D eigenvalue weighted by Crippen LogP contribution is 2.23. The molecule has 0 saturated heterocycles. The molecule has 2 nitrogen and oxygen atoms in total. The quantitative estimate of drug-likeness (QED) is 0.424. The van der Waals surface area contributed by atoms with E-state index in [0.717, 1.165) is 31.7 Å². The fourth-order valence-electron chi connectivity index (χ4n) is 2.20. The van der Waals surface area contributed by atoms with E-state index < -0.39 is 0 Å². The van der Waals surface area contributed by atoms with Gasteiger partial charge in [-0.25, -0.2) is 4.99 Å². The maximum Gasteiger partial charge on any atom is 0.190 e. The van der Waals surface area contributed by atoms with Gasteiger partial charge in [0.2, 0.25) is 0 Å². The second-order valence-electron chi connectivity index (χ2n) is 4.90. The van der Waals surface area contributed by atoms with Crippen LogP contribution in [0.4, 0.5) is 5.69 Å². The van der Waals surface area contributed by atoms with Crippen LogP contribution in [-0.4, -0.2) is 4.57 Å². The minimum atomic E-state index is 0.726. The third-order valence-electron chi connectivity index (χ3n) is 3.30. The lowest BCUT2D eigenvalue weighted by atomic mass is 10.2. The summed E-state index contributed by atoms with van der Waals surface area (Å²) < 4.78 is 4.31. The van der Waals surface area contributed by atoms with Gasteiger partial charge in [-0.2, -0.15) is 0 Å². The van der Waals surface area contributed by atoms with Crippen LogP contribution in [0.2, 0.25) is 0 Å². The van der Waals surface area contributed by atoms with Crippen LogP contribution in [-0.2, 0) is 6.54 Å². The van der Waals surface area contributed by atoms with Crippen molar-refractivity contribution in [3.63, 3.8) is 0 Å². The normalized spacial score (nSPS) is 11.7. The second kappa shape index (κ2) is 7.43. The van der Waals surface area contributed by atoms with Gasteiger partial charge in [0.05, 0.1) is 11.4 Å². The Morgan fingerprint density at radius 2 is 1.61 bits per heavy atom. The van der Waals surface area contributed by atoms with Gasteiger partial charge < -0.3 is 4.57 Å². The summed E-state index contributed by atoms with van der Waals surface area (Å²) in [7, 11) is 0. The number of hydrogen-bond donors (Lipinski definition) is 0. The molecule has 0 bridgehead atoms. The average molecular weight is 450 g/mol. The lowest BCUT2D eigenvalue weighted by Gasteiger charge is -2.06. The average Bonchev–Trinajstić information content (AvgIpc) is 2.94. The van der Waals surface area contributed by atoms with Crippen LogP contribution in [0.25, 0.3) is 11.3 Å². The number of halogens is 2. The summed E-state index contributed by atoms with van der Waals surface area (Å²) in [6.07, 6.45) is 1.90. The molecule has 0 amide bonds. The van der Waals surface area contributed by atoms with Crippen molar-refractivity contribution < 1.29 is 0 Å². The first-order valence-electron chi connectivity index (χ1n) is 7.03. The van der Waals surface area contributed by atoms with Gasteiger partial charge in [-0.3, -0.25) is 0 Å². The zero-order valence-corrected chi connectivity index (χ0v) is 16.2. The molecule has 0 aliphatic heterocycles. The van der Waals surface area contributed by atoms with E-state index >= 15 is 0 Å². The van der Waals surface area contributed by atoms with Crippen molar-refractivity contribution in [1.82, 2.24) is 4.57 Å². The Bertz CT molecular complexity index is 875. The molecule has 1 aromatic heterocycles. The molecule has 2 aromatic carbocycles. The highest BCUT2D eigenvalue weighted by molar-refractivity contribution is 9.10. The Kier molecular flexibility index (Phi) is 5.30. The number of allylic oxidation sites excluding steroid dienone is 1. The predicted octanol–water partition coefficient (Wildman–Crippen LogP) is 6.16. The largest absolute Gasteiger partial charge is 0.313 e. The van der Waals surface area contributed by atoms with E-state index in [1.54, 1.807) is 11.3 Å². The maximum atomic E-state index is 4.77. The lowest BCUT2D eigenvalue weighted by molar-refractivity contribution is 0.800. The lowest BCUT2D eigenvalue weighted by Crippen LogP contribution is -2.14. The summed E-state index contributed by atoms with van der Waals surface area (Å²) in [6, 6.07) is 16.3. The minimum absolute atomic E-state index is 0.726. The molecule has 3 rings (SSSR count). The summed E-state index contributed by atoms with van der Waals surface area (Å²) in [4.78, 5) is 5.73. The smallest absolute Gasteiger partial charge is 0.190 e. The molecule has 116 valence electrons. The standard InChI is InChI=1S/C18H14Br2N2S/c1-2-11-22-17(13-3-5-14(19)6-4-13)12-23-18(22)21-16-9-7-15(20)8-10-16/h2-10,12H,1,11H2. The topological polar surface area (TPSA) is 17.3 Å². The summed E-state index contributed by atoms with van der Waals surface area (Å²) >= 11 is 8.57. The first-order chi connectivity index (χ1) is 11.2. The Morgan fingerprint density at radius 1 is 1.00 bits per heavy atom. The molecule has 0 unspecified atom stereocenters. The zero-order valence-electron chi connectivity index (χ0n) is 12.2. The van der Waals surface area contributed by atoms with Crippen LogP contribution in [0.5, 0.6) is 0 Å². The van der Waals surface area contributed by atoms with Crippen molar-refractivity contribution in [2.75, 3.05) is 0 Å². The monoisotopic (exact) mass is 448 g/mol. The summed E-state index contributed by atoms with van der Waals surface area (Å²) in [5.41, 5.74) is 3.26. The summed E-state index contributed by atoms with van der Waals surface area (Å²) in [5.74, 6) is 0. The molecule has 1 heterocycles. The molecule has 0 atom stereocenters. The molecule has 5 heteroatoms. The predicted molar refractivity (Wildman–Crippen MR) is 105 cm³/mol. The highest BCUT2D eigenvalue weighted by atomic mass is 79.9. The second-order valence-corrected chi connectivity index (χ2v) is 7.57. The van der Waals surface area contributed by atoms with Crippen LogP contribution in [0.3, 0.4) is 0 Å². The third-order valence-corrected chi connectivity index (χ3v) is 5.22. The SMILES string of the molecule is C=CCn1c(-c2ccc(Br)cc2)csc1=Nc1ccc(Br)cc1. The van der Waals surface area contributed by atoms with E-state index in [1.165, 1.54) is 5.56 Å². The van der Waals surface area contributed by atoms with E-state index in [2.05, 4.69) is 72.7 Å². The van der Waals surface area contributed by atoms with E-state index in [4.69, 9.17) is 4.99 Å². The Labute approximate surface area is 156 Å². The number of hydrogen-bond acceptors (Lipinski definition) is 2. The van der Waals surface area contributed by atoms with Gasteiger partial charge in [0, 0.05) is 20.9 Å². The molecular weight excluding hydrogens is 436 g/mol. The Balaban J connectivity index is 2.09. The zero-order chi connectivity index (χ0) is 16.2. The summed E-state index contributed by atoms with van der Waals surface area (Å²) in [5, 5.41) is 2.14. The van der Waals surface area contributed by atoms with Gasteiger partial charge >= 0.3 is 0 Å². The minimum Gasteiger partial charge on any atom is -0.313 e. The van der Waals surface area contributed by atoms with Crippen LogP contribution in [0.15, 0.2) is 80.5 Å². The molecule has 0 aliphatic carbocycles. The number of rotatable bonds is 4. The molecule has 0 saturated carbocycles. The number of thiazole rings is 1. The molecule has 23 heavy (non-hydrogen) atoms.